The van der Waals surface area contributed by atoms with Crippen LogP contribution in [0, 0.1) is 0 Å². The standard InChI is InChI=1S/C20H19BrClN3OS/c1-5-20(2,15-7-6-8-16(21)24-15)17(19(26)25(3)4)18-23-13-10-9-12(22)11-14(13)27-18/h5-11,17H,1H2,2-4H3/t17-,20+/m1/s1. The van der Waals surface area contributed by atoms with Gasteiger partial charge in [-0.1, -0.05) is 23.7 Å². The molecule has 0 bridgehead atoms. The number of benzene rings is 1. The fraction of sp³-hybridized carbons (Fsp3) is 0.250. The molecule has 2 heterocycles. The molecule has 2 aromatic heterocycles. The molecule has 0 aliphatic heterocycles. The normalized spacial score (nSPS) is 14.6. The van der Waals surface area contributed by atoms with Crippen molar-refractivity contribution in [3.05, 3.63) is 69.4 Å². The molecule has 3 aromatic rings. The number of allylic oxidation sites excluding steroid dienone is 1. The zero-order valence-corrected chi connectivity index (χ0v) is 18.4. The Morgan fingerprint density at radius 2 is 2.07 bits per heavy atom. The smallest absolute Gasteiger partial charge is 0.233 e. The van der Waals surface area contributed by atoms with E-state index >= 15 is 0 Å². The molecule has 4 nitrogen and oxygen atoms in total. The summed E-state index contributed by atoms with van der Waals surface area (Å²) < 4.78 is 1.66. The van der Waals surface area contributed by atoms with Crippen molar-refractivity contribution in [2.75, 3.05) is 14.1 Å². The van der Waals surface area contributed by atoms with Crippen molar-refractivity contribution in [2.45, 2.75) is 18.3 Å². The number of fused-ring (bicyclic) bond motifs is 1. The number of carbonyl (C=O) groups excluding carboxylic acids is 1. The number of hydrogen-bond acceptors (Lipinski definition) is 4. The molecular weight excluding hydrogens is 446 g/mol. The molecule has 0 spiro atoms. The zero-order chi connectivity index (χ0) is 19.8. The molecule has 0 fully saturated rings. The van der Waals surface area contributed by atoms with Crippen LogP contribution in [0.2, 0.25) is 5.02 Å². The first-order chi connectivity index (χ1) is 12.8. The van der Waals surface area contributed by atoms with Gasteiger partial charge in [0.05, 0.1) is 15.9 Å². The quantitative estimate of drug-likeness (QED) is 0.374. The molecule has 3 rings (SSSR count). The summed E-state index contributed by atoms with van der Waals surface area (Å²) in [6, 6.07) is 11.2. The molecule has 27 heavy (non-hydrogen) atoms. The van der Waals surface area contributed by atoms with E-state index in [1.807, 2.05) is 37.3 Å². The van der Waals surface area contributed by atoms with Crippen molar-refractivity contribution in [3.63, 3.8) is 0 Å². The third-order valence-electron chi connectivity index (χ3n) is 4.59. The molecule has 0 saturated carbocycles. The second kappa shape index (κ2) is 7.70. The fourth-order valence-corrected chi connectivity index (χ4v) is 4.81. The number of aromatic nitrogens is 2. The van der Waals surface area contributed by atoms with E-state index in [-0.39, 0.29) is 5.91 Å². The summed E-state index contributed by atoms with van der Waals surface area (Å²) in [7, 11) is 3.49. The molecule has 0 saturated heterocycles. The highest BCUT2D eigenvalue weighted by molar-refractivity contribution is 9.10. The van der Waals surface area contributed by atoms with Gasteiger partial charge in [0.15, 0.2) is 0 Å². The first kappa shape index (κ1) is 20.0. The van der Waals surface area contributed by atoms with E-state index in [1.54, 1.807) is 31.1 Å². The van der Waals surface area contributed by atoms with Crippen molar-refractivity contribution in [2.24, 2.45) is 0 Å². The van der Waals surface area contributed by atoms with Crippen LogP contribution in [0.25, 0.3) is 10.2 Å². The number of amides is 1. The maximum Gasteiger partial charge on any atom is 0.233 e. The van der Waals surface area contributed by atoms with Crippen LogP contribution < -0.4 is 0 Å². The van der Waals surface area contributed by atoms with Crippen LogP contribution in [0.4, 0.5) is 0 Å². The lowest BCUT2D eigenvalue weighted by molar-refractivity contribution is -0.131. The number of halogens is 2. The van der Waals surface area contributed by atoms with E-state index in [9.17, 15) is 4.79 Å². The van der Waals surface area contributed by atoms with Gasteiger partial charge in [0.2, 0.25) is 5.91 Å². The number of thiazole rings is 1. The van der Waals surface area contributed by atoms with Gasteiger partial charge in [0.1, 0.15) is 15.5 Å². The maximum absolute atomic E-state index is 13.2. The first-order valence-electron chi connectivity index (χ1n) is 8.30. The van der Waals surface area contributed by atoms with Gasteiger partial charge < -0.3 is 4.90 Å². The summed E-state index contributed by atoms with van der Waals surface area (Å²) in [5, 5.41) is 1.36. The fourth-order valence-electron chi connectivity index (χ4n) is 3.00. The van der Waals surface area contributed by atoms with Gasteiger partial charge in [-0.3, -0.25) is 4.79 Å². The summed E-state index contributed by atoms with van der Waals surface area (Å²) >= 11 is 11.0. The topological polar surface area (TPSA) is 46.1 Å². The highest BCUT2D eigenvalue weighted by Gasteiger charge is 2.43. The van der Waals surface area contributed by atoms with E-state index in [1.165, 1.54) is 11.3 Å². The maximum atomic E-state index is 13.2. The summed E-state index contributed by atoms with van der Waals surface area (Å²) in [5.74, 6) is -0.604. The largest absolute Gasteiger partial charge is 0.348 e. The number of rotatable bonds is 5. The van der Waals surface area contributed by atoms with Gasteiger partial charge in [-0.2, -0.15) is 0 Å². The Labute approximate surface area is 176 Å². The van der Waals surface area contributed by atoms with Crippen molar-refractivity contribution in [1.29, 1.82) is 0 Å². The lowest BCUT2D eigenvalue weighted by atomic mass is 9.73. The van der Waals surface area contributed by atoms with Gasteiger partial charge in [0.25, 0.3) is 0 Å². The average Bonchev–Trinajstić information content (AvgIpc) is 3.03. The lowest BCUT2D eigenvalue weighted by Crippen LogP contribution is -2.40. The Morgan fingerprint density at radius 3 is 2.70 bits per heavy atom. The predicted octanol–water partition coefficient (Wildman–Crippen LogP) is 5.42. The lowest BCUT2D eigenvalue weighted by Gasteiger charge is -2.34. The minimum atomic E-state index is -0.733. The van der Waals surface area contributed by atoms with E-state index in [4.69, 9.17) is 16.6 Å². The molecular formula is C20H19BrClN3OS. The first-order valence-corrected chi connectivity index (χ1v) is 10.3. The molecule has 7 heteroatoms. The van der Waals surface area contributed by atoms with E-state index in [0.29, 0.717) is 9.63 Å². The molecule has 0 aliphatic carbocycles. The van der Waals surface area contributed by atoms with Gasteiger partial charge in [0, 0.05) is 24.5 Å². The summed E-state index contributed by atoms with van der Waals surface area (Å²) in [6.07, 6.45) is 1.78. The second-order valence-electron chi connectivity index (χ2n) is 6.66. The van der Waals surface area contributed by atoms with Crippen molar-refractivity contribution in [3.8, 4) is 0 Å². The van der Waals surface area contributed by atoms with Crippen LogP contribution in [-0.2, 0) is 10.2 Å². The van der Waals surface area contributed by atoms with Crippen molar-refractivity contribution >= 4 is 55.0 Å². The van der Waals surface area contributed by atoms with E-state index in [0.717, 1.165) is 20.9 Å². The minimum Gasteiger partial charge on any atom is -0.348 e. The SMILES string of the molecule is C=C[C@@](C)(c1cccc(Br)n1)[C@@H](C(=O)N(C)C)c1nc2ccc(Cl)cc2s1. The van der Waals surface area contributed by atoms with Crippen LogP contribution in [0.15, 0.2) is 53.7 Å². The number of nitrogens with zero attached hydrogens (tertiary/aromatic N) is 3. The molecule has 1 amide bonds. The molecule has 2 atom stereocenters. The van der Waals surface area contributed by atoms with Gasteiger partial charge >= 0.3 is 0 Å². The van der Waals surface area contributed by atoms with E-state index < -0.39 is 11.3 Å². The Kier molecular flexibility index (Phi) is 5.70. The highest BCUT2D eigenvalue weighted by atomic mass is 79.9. The van der Waals surface area contributed by atoms with Gasteiger partial charge in [-0.15, -0.1) is 17.9 Å². The van der Waals surface area contributed by atoms with Crippen LogP contribution in [0.1, 0.15) is 23.5 Å². The number of carbonyl (C=O) groups is 1. The van der Waals surface area contributed by atoms with Gasteiger partial charge in [-0.05, 0) is 53.2 Å². The van der Waals surface area contributed by atoms with Crippen LogP contribution >= 0.6 is 38.9 Å². The molecule has 140 valence electrons. The Bertz CT molecular complexity index is 1020. The monoisotopic (exact) mass is 463 g/mol. The van der Waals surface area contributed by atoms with Crippen LogP contribution in [-0.4, -0.2) is 34.9 Å². The summed E-state index contributed by atoms with van der Waals surface area (Å²) in [5.41, 5.74) is 0.844. The third kappa shape index (κ3) is 3.79. The summed E-state index contributed by atoms with van der Waals surface area (Å²) in [6.45, 7) is 6.00. The van der Waals surface area contributed by atoms with Gasteiger partial charge in [-0.25, -0.2) is 9.97 Å². The molecule has 1 aromatic carbocycles. The number of hydrogen-bond donors (Lipinski definition) is 0. The number of likely N-dealkylation sites (N-methyl/N-ethyl adjacent to an activating group) is 1. The Hall–Kier alpha value is -1.76. The molecule has 0 radical (unpaired) electrons. The van der Waals surface area contributed by atoms with Crippen LogP contribution in [0.5, 0.6) is 0 Å². The van der Waals surface area contributed by atoms with E-state index in [2.05, 4.69) is 27.5 Å². The Morgan fingerprint density at radius 1 is 1.33 bits per heavy atom. The molecule has 0 N–H and O–H groups in total. The highest BCUT2D eigenvalue weighted by Crippen LogP contribution is 2.43. The predicted molar refractivity (Wildman–Crippen MR) is 116 cm³/mol. The minimum absolute atomic E-state index is 0.0515. The van der Waals surface area contributed by atoms with Crippen molar-refractivity contribution < 1.29 is 4.79 Å². The molecule has 0 aliphatic rings. The van der Waals surface area contributed by atoms with Crippen molar-refractivity contribution in [1.82, 2.24) is 14.9 Å². The second-order valence-corrected chi connectivity index (χ2v) is 8.97. The third-order valence-corrected chi connectivity index (χ3v) is 6.35. The Balaban J connectivity index is 2.22. The zero-order valence-electron chi connectivity index (χ0n) is 15.2. The summed E-state index contributed by atoms with van der Waals surface area (Å²) in [4.78, 5) is 24.2. The average molecular weight is 465 g/mol. The molecule has 0 unspecified atom stereocenters. The van der Waals surface area contributed by atoms with Crippen LogP contribution in [0.3, 0.4) is 0 Å². The number of pyridine rings is 1.